The third-order valence-electron chi connectivity index (χ3n) is 6.18. The topological polar surface area (TPSA) is 106 Å². The molecule has 0 bridgehead atoms. The van der Waals surface area contributed by atoms with Crippen molar-refractivity contribution in [3.63, 3.8) is 0 Å². The Morgan fingerprint density at radius 3 is 2.63 bits per heavy atom. The molecular formula is C26H30N4O5. The highest BCUT2D eigenvalue weighted by molar-refractivity contribution is 5.99. The lowest BCUT2D eigenvalue weighted by Gasteiger charge is -2.25. The third kappa shape index (κ3) is 5.46. The number of carbonyl (C=O) groups is 2. The van der Waals surface area contributed by atoms with Crippen molar-refractivity contribution in [2.24, 2.45) is 0 Å². The van der Waals surface area contributed by atoms with E-state index in [4.69, 9.17) is 9.47 Å². The lowest BCUT2D eigenvalue weighted by molar-refractivity contribution is -0.127. The molecule has 9 heteroatoms. The standard InChI is InChI=1S/C26H30N4O5/c1-17-21(11-12-31)18(2)30(28-17)15-25(32)27-22(13-19-7-5-4-6-8-19)26(33)29(3)20-9-10-23-24(14-20)35-16-34-23/h4-10,14,22,31H,11-13,15-16H2,1-3H3,(H,27,32)/t22-/m0/s1. The highest BCUT2D eigenvalue weighted by Crippen LogP contribution is 2.35. The first-order valence-corrected chi connectivity index (χ1v) is 11.5. The van der Waals surface area contributed by atoms with Gasteiger partial charge in [-0.3, -0.25) is 14.3 Å². The van der Waals surface area contributed by atoms with Crippen LogP contribution in [-0.4, -0.2) is 53.2 Å². The van der Waals surface area contributed by atoms with Crippen molar-refractivity contribution in [1.82, 2.24) is 15.1 Å². The maximum Gasteiger partial charge on any atom is 0.249 e. The molecule has 1 aliphatic heterocycles. The van der Waals surface area contributed by atoms with Crippen molar-refractivity contribution in [2.45, 2.75) is 39.3 Å². The van der Waals surface area contributed by atoms with Gasteiger partial charge in [0.05, 0.1) is 5.69 Å². The first kappa shape index (κ1) is 24.3. The van der Waals surface area contributed by atoms with E-state index in [0.717, 1.165) is 22.5 Å². The van der Waals surface area contributed by atoms with Gasteiger partial charge in [0.2, 0.25) is 18.6 Å². The van der Waals surface area contributed by atoms with Crippen LogP contribution in [0.2, 0.25) is 0 Å². The summed E-state index contributed by atoms with van der Waals surface area (Å²) in [5.74, 6) is 0.637. The Hall–Kier alpha value is -3.85. The Balaban J connectivity index is 1.53. The summed E-state index contributed by atoms with van der Waals surface area (Å²) >= 11 is 0. The maximum absolute atomic E-state index is 13.5. The summed E-state index contributed by atoms with van der Waals surface area (Å²) in [6.07, 6.45) is 0.821. The molecule has 0 aliphatic carbocycles. The molecule has 0 fully saturated rings. The predicted octanol–water partition coefficient (Wildman–Crippen LogP) is 2.15. The smallest absolute Gasteiger partial charge is 0.249 e. The lowest BCUT2D eigenvalue weighted by Crippen LogP contribution is -2.49. The highest BCUT2D eigenvalue weighted by Gasteiger charge is 2.27. The monoisotopic (exact) mass is 478 g/mol. The number of aromatic nitrogens is 2. The number of nitrogens with zero attached hydrogens (tertiary/aromatic N) is 3. The summed E-state index contributed by atoms with van der Waals surface area (Å²) in [6.45, 7) is 3.87. The normalized spacial score (nSPS) is 12.9. The van der Waals surface area contributed by atoms with E-state index in [1.165, 1.54) is 4.90 Å². The van der Waals surface area contributed by atoms with Gasteiger partial charge in [-0.05, 0) is 43.5 Å². The van der Waals surface area contributed by atoms with Crippen molar-refractivity contribution < 1.29 is 24.2 Å². The molecule has 4 rings (SSSR count). The van der Waals surface area contributed by atoms with Crippen molar-refractivity contribution in [3.8, 4) is 11.5 Å². The van der Waals surface area contributed by atoms with Crippen LogP contribution in [0.1, 0.15) is 22.5 Å². The minimum absolute atomic E-state index is 0.0133. The van der Waals surface area contributed by atoms with E-state index < -0.39 is 6.04 Å². The number of anilines is 1. The van der Waals surface area contributed by atoms with Crippen LogP contribution in [0.4, 0.5) is 5.69 Å². The number of hydrogen-bond donors (Lipinski definition) is 2. The summed E-state index contributed by atoms with van der Waals surface area (Å²) < 4.78 is 12.4. The average molecular weight is 479 g/mol. The van der Waals surface area contributed by atoms with E-state index in [2.05, 4.69) is 10.4 Å². The Bertz CT molecular complexity index is 1210. The van der Waals surface area contributed by atoms with Gasteiger partial charge in [0.1, 0.15) is 12.6 Å². The van der Waals surface area contributed by atoms with Crippen LogP contribution >= 0.6 is 0 Å². The zero-order valence-corrected chi connectivity index (χ0v) is 20.2. The number of carbonyl (C=O) groups excluding carboxylic acids is 2. The average Bonchev–Trinajstić information content (AvgIpc) is 3.43. The molecule has 0 radical (unpaired) electrons. The van der Waals surface area contributed by atoms with E-state index in [-0.39, 0.29) is 31.8 Å². The molecule has 2 N–H and O–H groups in total. The zero-order valence-electron chi connectivity index (χ0n) is 20.2. The van der Waals surface area contributed by atoms with Crippen LogP contribution in [0.5, 0.6) is 11.5 Å². The van der Waals surface area contributed by atoms with Gasteiger partial charge < -0.3 is 24.8 Å². The number of nitrogens with one attached hydrogen (secondary N) is 1. The molecule has 1 aromatic heterocycles. The Morgan fingerprint density at radius 2 is 1.89 bits per heavy atom. The Kier molecular flexibility index (Phi) is 7.36. The van der Waals surface area contributed by atoms with Gasteiger partial charge in [-0.25, -0.2) is 0 Å². The number of rotatable bonds is 9. The van der Waals surface area contributed by atoms with Gasteiger partial charge in [0, 0.05) is 37.5 Å². The van der Waals surface area contributed by atoms with Crippen LogP contribution in [0.15, 0.2) is 48.5 Å². The van der Waals surface area contributed by atoms with Gasteiger partial charge in [0.15, 0.2) is 11.5 Å². The van der Waals surface area contributed by atoms with Crippen LogP contribution in [0, 0.1) is 13.8 Å². The first-order valence-electron chi connectivity index (χ1n) is 11.5. The third-order valence-corrected chi connectivity index (χ3v) is 6.18. The summed E-state index contributed by atoms with van der Waals surface area (Å²) in [7, 11) is 1.67. The van der Waals surface area contributed by atoms with E-state index in [1.807, 2.05) is 44.2 Å². The second-order valence-electron chi connectivity index (χ2n) is 8.53. The number of fused-ring (bicyclic) bond motifs is 1. The zero-order chi connectivity index (χ0) is 24.9. The first-order chi connectivity index (χ1) is 16.9. The Labute approximate surface area is 204 Å². The van der Waals surface area contributed by atoms with Gasteiger partial charge in [0.25, 0.3) is 0 Å². The number of aliphatic hydroxyl groups is 1. The van der Waals surface area contributed by atoms with Crippen LogP contribution in [-0.2, 0) is 29.0 Å². The second-order valence-corrected chi connectivity index (χ2v) is 8.53. The van der Waals surface area contributed by atoms with E-state index in [0.29, 0.717) is 30.0 Å². The van der Waals surface area contributed by atoms with Crippen LogP contribution in [0.25, 0.3) is 0 Å². The molecule has 1 aliphatic rings. The second kappa shape index (κ2) is 10.6. The van der Waals surface area contributed by atoms with Gasteiger partial charge in [-0.15, -0.1) is 0 Å². The SMILES string of the molecule is Cc1nn(CC(=O)N[C@@H](Cc2ccccc2)C(=O)N(C)c2ccc3c(c2)OCO3)c(C)c1CCO. The summed E-state index contributed by atoms with van der Waals surface area (Å²) in [5, 5.41) is 16.7. The van der Waals surface area contributed by atoms with E-state index >= 15 is 0 Å². The summed E-state index contributed by atoms with van der Waals surface area (Å²) in [5.41, 5.74) is 4.11. The van der Waals surface area contributed by atoms with Gasteiger partial charge >= 0.3 is 0 Å². The molecule has 0 saturated carbocycles. The fourth-order valence-corrected chi connectivity index (χ4v) is 4.24. The fourth-order valence-electron chi connectivity index (χ4n) is 4.24. The van der Waals surface area contributed by atoms with Gasteiger partial charge in [-0.2, -0.15) is 5.10 Å². The number of amides is 2. The number of ether oxygens (including phenoxy) is 2. The van der Waals surface area contributed by atoms with E-state index in [1.54, 1.807) is 29.9 Å². The number of benzene rings is 2. The van der Waals surface area contributed by atoms with Crippen molar-refractivity contribution in [2.75, 3.05) is 25.3 Å². The van der Waals surface area contributed by atoms with Crippen molar-refractivity contribution in [1.29, 1.82) is 0 Å². The molecule has 2 amide bonds. The van der Waals surface area contributed by atoms with Gasteiger partial charge in [-0.1, -0.05) is 30.3 Å². The van der Waals surface area contributed by atoms with E-state index in [9.17, 15) is 14.7 Å². The minimum Gasteiger partial charge on any atom is -0.454 e. The molecule has 0 unspecified atom stereocenters. The Morgan fingerprint density at radius 1 is 1.14 bits per heavy atom. The molecule has 0 saturated heterocycles. The predicted molar refractivity (Wildman–Crippen MR) is 131 cm³/mol. The largest absolute Gasteiger partial charge is 0.454 e. The maximum atomic E-state index is 13.5. The van der Waals surface area contributed by atoms with Crippen molar-refractivity contribution >= 4 is 17.5 Å². The number of aliphatic hydroxyl groups excluding tert-OH is 1. The molecule has 0 spiro atoms. The molecule has 2 aromatic carbocycles. The van der Waals surface area contributed by atoms with Crippen molar-refractivity contribution in [3.05, 3.63) is 71.0 Å². The fraction of sp³-hybridized carbons (Fsp3) is 0.346. The highest BCUT2D eigenvalue weighted by atomic mass is 16.7. The molecule has 1 atom stereocenters. The van der Waals surface area contributed by atoms with Crippen LogP contribution < -0.4 is 19.7 Å². The quantitative estimate of drug-likeness (QED) is 0.488. The molecule has 3 aromatic rings. The molecule has 35 heavy (non-hydrogen) atoms. The number of likely N-dealkylation sites (N-methyl/N-ethyl adjacent to an activating group) is 1. The molecular weight excluding hydrogens is 448 g/mol. The summed E-state index contributed by atoms with van der Waals surface area (Å²) in [6, 6.07) is 14.1. The molecule has 9 nitrogen and oxygen atoms in total. The molecule has 2 heterocycles. The number of aryl methyl sites for hydroxylation is 1. The number of hydrogen-bond acceptors (Lipinski definition) is 6. The van der Waals surface area contributed by atoms with Crippen LogP contribution in [0.3, 0.4) is 0 Å². The minimum atomic E-state index is -0.783. The lowest BCUT2D eigenvalue weighted by atomic mass is 10.0. The summed E-state index contributed by atoms with van der Waals surface area (Å²) in [4.78, 5) is 28.1. The molecule has 184 valence electrons.